The molecular formula is C20H18FN4O4S+. The van der Waals surface area contributed by atoms with Gasteiger partial charge in [0.2, 0.25) is 21.3 Å². The summed E-state index contributed by atoms with van der Waals surface area (Å²) in [5.74, 6) is -0.759. The molecule has 8 nitrogen and oxygen atoms in total. The number of sulfone groups is 1. The summed E-state index contributed by atoms with van der Waals surface area (Å²) in [5.41, 5.74) is 7.01. The first-order chi connectivity index (χ1) is 14.3. The summed E-state index contributed by atoms with van der Waals surface area (Å²) in [6.45, 7) is 1.38. The predicted molar refractivity (Wildman–Crippen MR) is 107 cm³/mol. The first-order valence-electron chi connectivity index (χ1n) is 9.01. The molecule has 0 fully saturated rings. The van der Waals surface area contributed by atoms with Crippen LogP contribution in [-0.4, -0.2) is 29.5 Å². The Labute approximate surface area is 170 Å². The van der Waals surface area contributed by atoms with E-state index in [1.165, 1.54) is 21.2 Å². The molecule has 0 aliphatic rings. The summed E-state index contributed by atoms with van der Waals surface area (Å²) in [6.07, 6.45) is 1.54. The number of hydrogen-bond donors (Lipinski definition) is 2. The molecule has 1 aromatic carbocycles. The molecule has 4 rings (SSSR count). The van der Waals surface area contributed by atoms with E-state index in [9.17, 15) is 22.7 Å². The summed E-state index contributed by atoms with van der Waals surface area (Å²) in [7, 11) is -4.17. The van der Waals surface area contributed by atoms with Crippen LogP contribution in [0.3, 0.4) is 0 Å². The largest absolute Gasteiger partial charge is 0.393 e. The van der Waals surface area contributed by atoms with E-state index < -0.39 is 21.2 Å². The molecule has 0 unspecified atom stereocenters. The number of halogens is 1. The van der Waals surface area contributed by atoms with Gasteiger partial charge in [0, 0.05) is 11.8 Å². The molecule has 0 saturated carbocycles. The monoisotopic (exact) mass is 429 g/mol. The van der Waals surface area contributed by atoms with Crippen LogP contribution in [-0.2, 0) is 16.4 Å². The standard InChI is InChI=1S/C20H17FN4O4S/c1-12-3-2-8-25-18(12)23-19-15(20(25)27)11-16(17(22)24(19)9-10-26)30(28,29)14-6-4-13(21)5-7-14/h2-8,11,22,26H,9-10H2,1H3/p+1. The normalized spacial score (nSPS) is 12.0. The fraction of sp³-hybridized carbons (Fsp3) is 0.150. The van der Waals surface area contributed by atoms with Crippen molar-refractivity contribution in [2.45, 2.75) is 23.3 Å². The summed E-state index contributed by atoms with van der Waals surface area (Å²) in [6, 6.07) is 8.96. The van der Waals surface area contributed by atoms with Crippen molar-refractivity contribution in [3.8, 4) is 0 Å². The molecular weight excluding hydrogens is 411 g/mol. The van der Waals surface area contributed by atoms with Crippen molar-refractivity contribution in [1.29, 1.82) is 0 Å². The zero-order valence-electron chi connectivity index (χ0n) is 15.9. The lowest BCUT2D eigenvalue weighted by Gasteiger charge is -2.12. The fourth-order valence-electron chi connectivity index (χ4n) is 3.37. The summed E-state index contributed by atoms with van der Waals surface area (Å²) in [5, 5.41) is 9.53. The van der Waals surface area contributed by atoms with Crippen molar-refractivity contribution >= 4 is 32.3 Å². The number of anilines is 1. The highest BCUT2D eigenvalue weighted by Crippen LogP contribution is 2.26. The average Bonchev–Trinajstić information content (AvgIpc) is 2.71. The smallest absolute Gasteiger partial charge is 0.278 e. The minimum Gasteiger partial charge on any atom is -0.393 e. The van der Waals surface area contributed by atoms with Gasteiger partial charge in [0.25, 0.3) is 11.2 Å². The lowest BCUT2D eigenvalue weighted by atomic mass is 10.2. The van der Waals surface area contributed by atoms with E-state index >= 15 is 0 Å². The third kappa shape index (κ3) is 3.01. The first kappa shape index (κ1) is 19.9. The zero-order chi connectivity index (χ0) is 21.6. The number of benzene rings is 1. The lowest BCUT2D eigenvalue weighted by molar-refractivity contribution is -0.661. The van der Waals surface area contributed by atoms with E-state index in [0.717, 1.165) is 29.8 Å². The van der Waals surface area contributed by atoms with Gasteiger partial charge in [0.15, 0.2) is 0 Å². The number of rotatable bonds is 4. The number of fused-ring (bicyclic) bond motifs is 2. The molecule has 3 N–H and O–H groups in total. The predicted octanol–water partition coefficient (Wildman–Crippen LogP) is 0.990. The van der Waals surface area contributed by atoms with Crippen LogP contribution in [0.5, 0.6) is 0 Å². The Morgan fingerprint density at radius 2 is 1.93 bits per heavy atom. The van der Waals surface area contributed by atoms with Crippen LogP contribution in [0.15, 0.2) is 63.2 Å². The second-order valence-corrected chi connectivity index (χ2v) is 8.68. The number of nitrogen functional groups attached to an aromatic ring is 1. The quantitative estimate of drug-likeness (QED) is 0.284. The molecule has 0 atom stereocenters. The Kier molecular flexibility index (Phi) is 4.75. The van der Waals surface area contributed by atoms with Gasteiger partial charge in [-0.15, -0.1) is 0 Å². The Hall–Kier alpha value is -3.37. The lowest BCUT2D eigenvalue weighted by Crippen LogP contribution is -2.43. The third-order valence-corrected chi connectivity index (χ3v) is 6.67. The van der Waals surface area contributed by atoms with Crippen LogP contribution in [0.2, 0.25) is 0 Å². The van der Waals surface area contributed by atoms with Crippen molar-refractivity contribution < 1.29 is 22.5 Å². The van der Waals surface area contributed by atoms with Crippen LogP contribution in [0.1, 0.15) is 5.56 Å². The molecule has 0 spiro atoms. The first-order valence-corrected chi connectivity index (χ1v) is 10.5. The highest BCUT2D eigenvalue weighted by molar-refractivity contribution is 7.91. The highest BCUT2D eigenvalue weighted by Gasteiger charge is 2.29. The average molecular weight is 429 g/mol. The molecule has 0 aliphatic carbocycles. The van der Waals surface area contributed by atoms with E-state index in [0.29, 0.717) is 5.65 Å². The van der Waals surface area contributed by atoms with Crippen LogP contribution >= 0.6 is 0 Å². The van der Waals surface area contributed by atoms with Crippen molar-refractivity contribution in [1.82, 2.24) is 9.38 Å². The second-order valence-electron chi connectivity index (χ2n) is 6.77. The van der Waals surface area contributed by atoms with Gasteiger partial charge in [0.05, 0.1) is 18.0 Å². The van der Waals surface area contributed by atoms with E-state index in [2.05, 4.69) is 4.98 Å². The van der Waals surface area contributed by atoms with Crippen LogP contribution in [0, 0.1) is 12.7 Å². The number of nitrogens with zero attached hydrogens (tertiary/aromatic N) is 3. The van der Waals surface area contributed by atoms with Gasteiger partial charge in [-0.25, -0.2) is 17.4 Å². The number of nitrogens with two attached hydrogens (primary N) is 1. The molecule has 0 bridgehead atoms. The fourth-order valence-corrected chi connectivity index (χ4v) is 4.77. The number of aromatic nitrogens is 3. The molecule has 3 aromatic heterocycles. The number of aliphatic hydroxyl groups is 1. The molecule has 30 heavy (non-hydrogen) atoms. The van der Waals surface area contributed by atoms with Gasteiger partial charge >= 0.3 is 0 Å². The molecule has 154 valence electrons. The maximum Gasteiger partial charge on any atom is 0.278 e. The Morgan fingerprint density at radius 1 is 1.23 bits per heavy atom. The Morgan fingerprint density at radius 3 is 2.60 bits per heavy atom. The zero-order valence-corrected chi connectivity index (χ0v) is 16.7. The molecule has 0 amide bonds. The number of hydrogen-bond acceptors (Lipinski definition) is 6. The van der Waals surface area contributed by atoms with E-state index in [-0.39, 0.29) is 39.8 Å². The summed E-state index contributed by atoms with van der Waals surface area (Å²) < 4.78 is 42.3. The SMILES string of the molecule is Cc1cccn2c(=O)c3cc(S(=O)(=O)c4ccc(F)cc4)c(N)[n+](CCO)c3nc12. The maximum atomic E-state index is 13.3. The van der Waals surface area contributed by atoms with Gasteiger partial charge in [0.1, 0.15) is 16.1 Å². The van der Waals surface area contributed by atoms with E-state index in [4.69, 9.17) is 5.73 Å². The van der Waals surface area contributed by atoms with Gasteiger partial charge < -0.3 is 10.8 Å². The Bertz CT molecular complexity index is 1460. The minimum absolute atomic E-state index is 0.0291. The van der Waals surface area contributed by atoms with Gasteiger partial charge in [-0.05, 0) is 43.3 Å². The second kappa shape index (κ2) is 7.15. The van der Waals surface area contributed by atoms with Crippen LogP contribution in [0.4, 0.5) is 10.2 Å². The summed E-state index contributed by atoms with van der Waals surface area (Å²) in [4.78, 5) is 17.2. The highest BCUT2D eigenvalue weighted by atomic mass is 32.2. The van der Waals surface area contributed by atoms with Crippen LogP contribution < -0.4 is 15.9 Å². The minimum atomic E-state index is -4.17. The van der Waals surface area contributed by atoms with Crippen molar-refractivity contribution in [2.24, 2.45) is 0 Å². The van der Waals surface area contributed by atoms with Gasteiger partial charge in [-0.2, -0.15) is 0 Å². The molecule has 3 heterocycles. The molecule has 0 radical (unpaired) electrons. The molecule has 4 aromatic rings. The van der Waals surface area contributed by atoms with Crippen LogP contribution in [0.25, 0.3) is 16.7 Å². The van der Waals surface area contributed by atoms with Crippen molar-refractivity contribution in [2.75, 3.05) is 12.3 Å². The van der Waals surface area contributed by atoms with E-state index in [1.54, 1.807) is 19.1 Å². The molecule has 0 saturated heterocycles. The Balaban J connectivity index is 2.13. The van der Waals surface area contributed by atoms with Gasteiger partial charge in [-0.1, -0.05) is 11.1 Å². The maximum absolute atomic E-state index is 13.3. The molecule has 10 heteroatoms. The third-order valence-electron chi connectivity index (χ3n) is 4.88. The van der Waals surface area contributed by atoms with Crippen molar-refractivity contribution in [3.63, 3.8) is 0 Å². The van der Waals surface area contributed by atoms with Gasteiger partial charge in [-0.3, -0.25) is 9.20 Å². The number of pyridine rings is 2. The summed E-state index contributed by atoms with van der Waals surface area (Å²) >= 11 is 0. The van der Waals surface area contributed by atoms with E-state index in [1.807, 2.05) is 0 Å². The topological polar surface area (TPSA) is 119 Å². The number of aliphatic hydroxyl groups excluding tert-OH is 1. The van der Waals surface area contributed by atoms with Crippen molar-refractivity contribution in [3.05, 3.63) is 70.4 Å². The number of aryl methyl sites for hydroxylation is 1. The molecule has 0 aliphatic heterocycles.